The molecule has 0 bridgehead atoms. The van der Waals surface area contributed by atoms with Gasteiger partial charge in [-0.25, -0.2) is 0 Å². The Morgan fingerprint density at radius 2 is 2.00 bits per heavy atom. The van der Waals surface area contributed by atoms with Crippen molar-refractivity contribution in [2.45, 2.75) is 39.8 Å². The molecule has 0 amide bonds. The van der Waals surface area contributed by atoms with E-state index in [0.29, 0.717) is 16.6 Å². The fourth-order valence-corrected chi connectivity index (χ4v) is 2.80. The molecule has 20 heavy (non-hydrogen) atoms. The van der Waals surface area contributed by atoms with Crippen LogP contribution in [-0.4, -0.2) is 9.78 Å². The van der Waals surface area contributed by atoms with E-state index in [1.54, 1.807) is 6.07 Å². The second kappa shape index (κ2) is 6.17. The second-order valence-electron chi connectivity index (χ2n) is 4.99. The molecule has 1 heterocycles. The zero-order valence-electron chi connectivity index (χ0n) is 12.0. The average Bonchev–Trinajstić information content (AvgIpc) is 2.68. The molecule has 0 saturated carbocycles. The highest BCUT2D eigenvalue weighted by Gasteiger charge is 2.17. The van der Waals surface area contributed by atoms with Gasteiger partial charge in [0.15, 0.2) is 0 Å². The number of rotatable bonds is 4. The zero-order chi connectivity index (χ0) is 14.9. The third-order valence-corrected chi connectivity index (χ3v) is 4.18. The molecule has 0 aliphatic rings. The van der Waals surface area contributed by atoms with Gasteiger partial charge in [0, 0.05) is 27.3 Å². The lowest BCUT2D eigenvalue weighted by atomic mass is 10.0. The molecule has 0 aliphatic carbocycles. The first-order valence-corrected chi connectivity index (χ1v) is 7.43. The molecule has 1 unspecified atom stereocenters. The number of hydrogen-bond donors (Lipinski definition) is 1. The Morgan fingerprint density at radius 3 is 2.65 bits per heavy atom. The quantitative estimate of drug-likeness (QED) is 0.916. The van der Waals surface area contributed by atoms with Crippen molar-refractivity contribution in [2.24, 2.45) is 5.73 Å². The predicted molar refractivity (Wildman–Crippen MR) is 84.5 cm³/mol. The average molecular weight is 312 g/mol. The maximum absolute atomic E-state index is 6.21. The second-order valence-corrected chi connectivity index (χ2v) is 5.84. The number of benzene rings is 1. The van der Waals surface area contributed by atoms with Gasteiger partial charge in [0.05, 0.1) is 12.2 Å². The van der Waals surface area contributed by atoms with E-state index >= 15 is 0 Å². The molecule has 1 aromatic heterocycles. The lowest BCUT2D eigenvalue weighted by Crippen LogP contribution is -2.11. The molecule has 0 saturated heterocycles. The highest BCUT2D eigenvalue weighted by atomic mass is 35.5. The summed E-state index contributed by atoms with van der Waals surface area (Å²) in [5, 5.41) is 5.95. The van der Waals surface area contributed by atoms with Gasteiger partial charge >= 0.3 is 0 Å². The molecule has 0 fully saturated rings. The number of nitrogens with two attached hydrogens (primary N) is 1. The summed E-state index contributed by atoms with van der Waals surface area (Å²) in [7, 11) is 0. The fourth-order valence-electron chi connectivity index (χ4n) is 2.43. The van der Waals surface area contributed by atoms with Crippen LogP contribution in [0.1, 0.15) is 41.9 Å². The van der Waals surface area contributed by atoms with E-state index in [1.165, 1.54) is 0 Å². The van der Waals surface area contributed by atoms with E-state index in [9.17, 15) is 0 Å². The Balaban J connectivity index is 2.37. The van der Waals surface area contributed by atoms with Crippen LogP contribution in [0.5, 0.6) is 0 Å². The molecule has 2 aromatic rings. The number of aryl methyl sites for hydroxylation is 1. The first kappa shape index (κ1) is 15.4. The van der Waals surface area contributed by atoms with Crippen molar-refractivity contribution < 1.29 is 0 Å². The Morgan fingerprint density at radius 1 is 1.30 bits per heavy atom. The highest BCUT2D eigenvalue weighted by molar-refractivity contribution is 6.33. The Bertz CT molecular complexity index is 620. The third-order valence-electron chi connectivity index (χ3n) is 3.58. The smallest absolute Gasteiger partial charge is 0.0677 e. The molecular formula is C15H19Cl2N3. The van der Waals surface area contributed by atoms with E-state index in [0.717, 1.165) is 28.9 Å². The number of halogens is 2. The van der Waals surface area contributed by atoms with Crippen LogP contribution >= 0.6 is 23.2 Å². The van der Waals surface area contributed by atoms with E-state index in [1.807, 2.05) is 30.7 Å². The van der Waals surface area contributed by atoms with Crippen LogP contribution < -0.4 is 5.73 Å². The third kappa shape index (κ3) is 3.00. The summed E-state index contributed by atoms with van der Waals surface area (Å²) in [4.78, 5) is 0. The number of hydrogen-bond acceptors (Lipinski definition) is 2. The van der Waals surface area contributed by atoms with Gasteiger partial charge in [0.25, 0.3) is 0 Å². The fraction of sp³-hybridized carbons (Fsp3) is 0.400. The van der Waals surface area contributed by atoms with Crippen molar-refractivity contribution in [3.05, 3.63) is 50.8 Å². The van der Waals surface area contributed by atoms with Crippen LogP contribution in [0.15, 0.2) is 18.2 Å². The molecule has 2 rings (SSSR count). The van der Waals surface area contributed by atoms with Crippen molar-refractivity contribution in [1.82, 2.24) is 9.78 Å². The summed E-state index contributed by atoms with van der Waals surface area (Å²) in [6, 6.07) is 5.50. The van der Waals surface area contributed by atoms with Gasteiger partial charge < -0.3 is 5.73 Å². The monoisotopic (exact) mass is 311 g/mol. The minimum absolute atomic E-state index is 0.0265. The summed E-state index contributed by atoms with van der Waals surface area (Å²) in [5.41, 5.74) is 10.3. The van der Waals surface area contributed by atoms with Gasteiger partial charge in [-0.1, -0.05) is 30.1 Å². The molecule has 2 N–H and O–H groups in total. The van der Waals surface area contributed by atoms with Gasteiger partial charge in [0.2, 0.25) is 0 Å². The van der Waals surface area contributed by atoms with E-state index in [2.05, 4.69) is 12.0 Å². The van der Waals surface area contributed by atoms with Crippen LogP contribution in [0.3, 0.4) is 0 Å². The highest BCUT2D eigenvalue weighted by Crippen LogP contribution is 2.25. The molecule has 5 heteroatoms. The minimum Gasteiger partial charge on any atom is -0.324 e. The van der Waals surface area contributed by atoms with Gasteiger partial charge in [-0.2, -0.15) is 5.10 Å². The summed E-state index contributed by atoms with van der Waals surface area (Å²) >= 11 is 12.2. The topological polar surface area (TPSA) is 43.8 Å². The maximum Gasteiger partial charge on any atom is 0.0677 e. The van der Waals surface area contributed by atoms with Crippen LogP contribution in [0, 0.1) is 13.8 Å². The lowest BCUT2D eigenvalue weighted by Gasteiger charge is -2.11. The molecule has 1 atom stereocenters. The normalized spacial score (nSPS) is 12.7. The van der Waals surface area contributed by atoms with Crippen molar-refractivity contribution in [2.75, 3.05) is 0 Å². The van der Waals surface area contributed by atoms with E-state index in [4.69, 9.17) is 28.9 Å². The molecular weight excluding hydrogens is 293 g/mol. The maximum atomic E-state index is 6.21. The minimum atomic E-state index is 0.0265. The van der Waals surface area contributed by atoms with Gasteiger partial charge in [-0.05, 0) is 44.0 Å². The SMILES string of the molecule is CCC(N)c1c(C)nn(Cc2cc(Cl)ccc2Cl)c1C. The van der Waals surface area contributed by atoms with Crippen molar-refractivity contribution in [3.8, 4) is 0 Å². The summed E-state index contributed by atoms with van der Waals surface area (Å²) < 4.78 is 1.94. The van der Waals surface area contributed by atoms with Crippen molar-refractivity contribution >= 4 is 23.2 Å². The van der Waals surface area contributed by atoms with Gasteiger partial charge in [-0.3, -0.25) is 4.68 Å². The number of nitrogens with zero attached hydrogens (tertiary/aromatic N) is 2. The van der Waals surface area contributed by atoms with Crippen LogP contribution in [-0.2, 0) is 6.54 Å². The first-order valence-electron chi connectivity index (χ1n) is 6.67. The standard InChI is InChI=1S/C15H19Cl2N3/c1-4-14(18)15-9(2)19-20(10(15)3)8-11-7-12(16)5-6-13(11)17/h5-7,14H,4,8,18H2,1-3H3. The van der Waals surface area contributed by atoms with Crippen molar-refractivity contribution in [3.63, 3.8) is 0 Å². The van der Waals surface area contributed by atoms with Crippen LogP contribution in [0.25, 0.3) is 0 Å². The summed E-state index contributed by atoms with van der Waals surface area (Å²) in [6.07, 6.45) is 0.894. The van der Waals surface area contributed by atoms with Crippen LogP contribution in [0.4, 0.5) is 0 Å². The zero-order valence-corrected chi connectivity index (χ0v) is 13.5. The summed E-state index contributed by atoms with van der Waals surface area (Å²) in [6.45, 7) is 6.72. The number of aromatic nitrogens is 2. The Labute approximate surface area is 129 Å². The molecule has 0 spiro atoms. The molecule has 108 valence electrons. The molecule has 0 radical (unpaired) electrons. The Kier molecular flexibility index (Phi) is 4.74. The Hall–Kier alpha value is -1.03. The predicted octanol–water partition coefficient (Wildman–Crippen LogP) is 4.26. The largest absolute Gasteiger partial charge is 0.324 e. The van der Waals surface area contributed by atoms with E-state index in [-0.39, 0.29) is 6.04 Å². The molecule has 0 aliphatic heterocycles. The summed E-state index contributed by atoms with van der Waals surface area (Å²) in [5.74, 6) is 0. The van der Waals surface area contributed by atoms with Gasteiger partial charge in [0.1, 0.15) is 0 Å². The lowest BCUT2D eigenvalue weighted by molar-refractivity contribution is 0.650. The van der Waals surface area contributed by atoms with Crippen molar-refractivity contribution in [1.29, 1.82) is 0 Å². The van der Waals surface area contributed by atoms with Gasteiger partial charge in [-0.15, -0.1) is 0 Å². The molecule has 1 aromatic carbocycles. The first-order chi connectivity index (χ1) is 9.43. The van der Waals surface area contributed by atoms with E-state index < -0.39 is 0 Å². The van der Waals surface area contributed by atoms with Crippen LogP contribution in [0.2, 0.25) is 10.0 Å². The molecule has 3 nitrogen and oxygen atoms in total.